The van der Waals surface area contributed by atoms with E-state index in [0.717, 1.165) is 34.3 Å². The Balaban J connectivity index is 1.66. The molecule has 1 aliphatic carbocycles. The number of benzene rings is 1. The standard InChI is InChI=1S/C18H23BrN2O/c1-18(2,3)12-4-7-14(8-5-12)22-17-11-20-16-10-13(19)6-9-15(16)21-17/h6,9-12,14H,4-5,7-8H2,1-3H3. The van der Waals surface area contributed by atoms with Gasteiger partial charge in [0.1, 0.15) is 6.10 Å². The van der Waals surface area contributed by atoms with Crippen molar-refractivity contribution in [1.29, 1.82) is 0 Å². The zero-order valence-electron chi connectivity index (χ0n) is 13.5. The SMILES string of the molecule is CC(C)(C)C1CCC(Oc2cnc3cc(Br)ccc3n2)CC1. The van der Waals surface area contributed by atoms with Crippen LogP contribution in [0.1, 0.15) is 46.5 Å². The maximum absolute atomic E-state index is 6.07. The molecule has 1 aliphatic rings. The second-order valence-corrected chi connectivity index (χ2v) is 8.21. The Morgan fingerprint density at radius 3 is 2.50 bits per heavy atom. The number of halogens is 1. The molecule has 1 heterocycles. The Kier molecular flexibility index (Phi) is 4.40. The summed E-state index contributed by atoms with van der Waals surface area (Å²) in [5.41, 5.74) is 2.17. The topological polar surface area (TPSA) is 35.0 Å². The highest BCUT2D eigenvalue weighted by molar-refractivity contribution is 9.10. The van der Waals surface area contributed by atoms with Crippen molar-refractivity contribution < 1.29 is 4.74 Å². The highest BCUT2D eigenvalue weighted by Crippen LogP contribution is 2.38. The number of aromatic nitrogens is 2. The molecule has 1 saturated carbocycles. The first-order valence-electron chi connectivity index (χ1n) is 8.01. The Morgan fingerprint density at radius 2 is 1.82 bits per heavy atom. The number of rotatable bonds is 2. The first kappa shape index (κ1) is 15.7. The fourth-order valence-corrected chi connectivity index (χ4v) is 3.59. The molecule has 3 rings (SSSR count). The lowest BCUT2D eigenvalue weighted by Gasteiger charge is -2.36. The van der Waals surface area contributed by atoms with Gasteiger partial charge in [-0.15, -0.1) is 0 Å². The van der Waals surface area contributed by atoms with E-state index in [-0.39, 0.29) is 6.10 Å². The summed E-state index contributed by atoms with van der Waals surface area (Å²) in [6.07, 6.45) is 6.72. The molecule has 22 heavy (non-hydrogen) atoms. The molecule has 0 unspecified atom stereocenters. The molecule has 1 aromatic carbocycles. The van der Waals surface area contributed by atoms with Crippen molar-refractivity contribution in [2.24, 2.45) is 11.3 Å². The number of ether oxygens (including phenoxy) is 1. The van der Waals surface area contributed by atoms with E-state index in [0.29, 0.717) is 11.3 Å². The van der Waals surface area contributed by atoms with Crippen molar-refractivity contribution in [2.75, 3.05) is 0 Å². The van der Waals surface area contributed by atoms with Gasteiger partial charge in [0, 0.05) is 4.47 Å². The first-order valence-corrected chi connectivity index (χ1v) is 8.80. The van der Waals surface area contributed by atoms with E-state index in [2.05, 4.69) is 46.7 Å². The summed E-state index contributed by atoms with van der Waals surface area (Å²) >= 11 is 3.45. The van der Waals surface area contributed by atoms with Crippen molar-refractivity contribution in [3.63, 3.8) is 0 Å². The van der Waals surface area contributed by atoms with Gasteiger partial charge < -0.3 is 4.74 Å². The monoisotopic (exact) mass is 362 g/mol. The van der Waals surface area contributed by atoms with E-state index in [1.165, 1.54) is 12.8 Å². The van der Waals surface area contributed by atoms with Crippen LogP contribution in [-0.2, 0) is 0 Å². The van der Waals surface area contributed by atoms with Crippen LogP contribution in [0.15, 0.2) is 28.9 Å². The van der Waals surface area contributed by atoms with Crippen molar-refractivity contribution in [2.45, 2.75) is 52.6 Å². The molecule has 1 aromatic heterocycles. The fraction of sp³-hybridized carbons (Fsp3) is 0.556. The third kappa shape index (κ3) is 3.60. The molecule has 0 atom stereocenters. The summed E-state index contributed by atoms with van der Waals surface area (Å²) in [7, 11) is 0. The fourth-order valence-electron chi connectivity index (χ4n) is 3.24. The maximum atomic E-state index is 6.07. The minimum absolute atomic E-state index is 0.279. The van der Waals surface area contributed by atoms with E-state index in [1.807, 2.05) is 18.2 Å². The zero-order chi connectivity index (χ0) is 15.7. The largest absolute Gasteiger partial charge is 0.473 e. The van der Waals surface area contributed by atoms with Gasteiger partial charge in [0.05, 0.1) is 17.2 Å². The molecule has 1 fully saturated rings. The van der Waals surface area contributed by atoms with Crippen molar-refractivity contribution in [3.8, 4) is 5.88 Å². The second kappa shape index (κ2) is 6.15. The van der Waals surface area contributed by atoms with Gasteiger partial charge in [-0.25, -0.2) is 9.97 Å². The third-order valence-electron chi connectivity index (χ3n) is 4.67. The molecule has 0 N–H and O–H groups in total. The summed E-state index contributed by atoms with van der Waals surface area (Å²) < 4.78 is 7.09. The number of hydrogen-bond donors (Lipinski definition) is 0. The first-order chi connectivity index (χ1) is 10.4. The molecule has 0 amide bonds. The normalized spacial score (nSPS) is 22.7. The second-order valence-electron chi connectivity index (χ2n) is 7.30. The van der Waals surface area contributed by atoms with Crippen LogP contribution >= 0.6 is 15.9 Å². The van der Waals surface area contributed by atoms with Crippen LogP contribution in [0, 0.1) is 11.3 Å². The number of fused-ring (bicyclic) bond motifs is 1. The molecule has 0 bridgehead atoms. The Bertz CT molecular complexity index is 658. The van der Waals surface area contributed by atoms with Crippen LogP contribution < -0.4 is 4.74 Å². The van der Waals surface area contributed by atoms with Gasteiger partial charge in [-0.05, 0) is 55.2 Å². The summed E-state index contributed by atoms with van der Waals surface area (Å²) in [5.74, 6) is 1.45. The Labute approximate surface area is 140 Å². The van der Waals surface area contributed by atoms with Crippen molar-refractivity contribution in [1.82, 2.24) is 9.97 Å². The van der Waals surface area contributed by atoms with Crippen LogP contribution in [-0.4, -0.2) is 16.1 Å². The minimum Gasteiger partial charge on any atom is -0.473 e. The van der Waals surface area contributed by atoms with E-state index < -0.39 is 0 Å². The van der Waals surface area contributed by atoms with Gasteiger partial charge in [-0.2, -0.15) is 0 Å². The highest BCUT2D eigenvalue weighted by atomic mass is 79.9. The highest BCUT2D eigenvalue weighted by Gasteiger charge is 2.30. The quantitative estimate of drug-likeness (QED) is 0.719. The third-order valence-corrected chi connectivity index (χ3v) is 5.16. The number of hydrogen-bond acceptors (Lipinski definition) is 3. The Hall–Kier alpha value is -1.16. The van der Waals surface area contributed by atoms with Gasteiger partial charge in [-0.3, -0.25) is 0 Å². The molecule has 2 aromatic rings. The van der Waals surface area contributed by atoms with E-state index in [1.54, 1.807) is 6.20 Å². The van der Waals surface area contributed by atoms with Crippen LogP contribution in [0.4, 0.5) is 0 Å². The molecule has 3 nitrogen and oxygen atoms in total. The molecular weight excluding hydrogens is 340 g/mol. The predicted molar refractivity (Wildman–Crippen MR) is 93.1 cm³/mol. The lowest BCUT2D eigenvalue weighted by Crippen LogP contribution is -2.30. The van der Waals surface area contributed by atoms with Crippen LogP contribution in [0.3, 0.4) is 0 Å². The molecule has 118 valence electrons. The number of nitrogens with zero attached hydrogens (tertiary/aromatic N) is 2. The van der Waals surface area contributed by atoms with E-state index in [4.69, 9.17) is 4.74 Å². The van der Waals surface area contributed by atoms with E-state index in [9.17, 15) is 0 Å². The van der Waals surface area contributed by atoms with Crippen LogP contribution in [0.5, 0.6) is 5.88 Å². The van der Waals surface area contributed by atoms with Crippen LogP contribution in [0.25, 0.3) is 11.0 Å². The predicted octanol–water partition coefficient (Wildman–Crippen LogP) is 5.38. The maximum Gasteiger partial charge on any atom is 0.233 e. The smallest absolute Gasteiger partial charge is 0.233 e. The molecule has 0 aliphatic heterocycles. The molecule has 4 heteroatoms. The van der Waals surface area contributed by atoms with Crippen LogP contribution in [0.2, 0.25) is 0 Å². The summed E-state index contributed by atoms with van der Waals surface area (Å²) in [4.78, 5) is 9.02. The lowest BCUT2D eigenvalue weighted by molar-refractivity contribution is 0.0851. The summed E-state index contributed by atoms with van der Waals surface area (Å²) in [6.45, 7) is 7.02. The van der Waals surface area contributed by atoms with Gasteiger partial charge >= 0.3 is 0 Å². The van der Waals surface area contributed by atoms with E-state index >= 15 is 0 Å². The van der Waals surface area contributed by atoms with Gasteiger partial charge in [0.2, 0.25) is 5.88 Å². The van der Waals surface area contributed by atoms with Crippen molar-refractivity contribution >= 4 is 27.0 Å². The molecule has 0 saturated heterocycles. The summed E-state index contributed by atoms with van der Waals surface area (Å²) in [5, 5.41) is 0. The minimum atomic E-state index is 0.279. The molecule has 0 spiro atoms. The summed E-state index contributed by atoms with van der Waals surface area (Å²) in [6, 6.07) is 5.92. The Morgan fingerprint density at radius 1 is 1.09 bits per heavy atom. The molecular formula is C18H23BrN2O. The van der Waals surface area contributed by atoms with Gasteiger partial charge in [0.15, 0.2) is 0 Å². The van der Waals surface area contributed by atoms with Gasteiger partial charge in [0.25, 0.3) is 0 Å². The average molecular weight is 363 g/mol. The van der Waals surface area contributed by atoms with Gasteiger partial charge in [-0.1, -0.05) is 36.7 Å². The zero-order valence-corrected chi connectivity index (χ0v) is 15.1. The lowest BCUT2D eigenvalue weighted by atomic mass is 9.72. The molecule has 0 radical (unpaired) electrons. The van der Waals surface area contributed by atoms with Crippen molar-refractivity contribution in [3.05, 3.63) is 28.9 Å². The average Bonchev–Trinajstić information content (AvgIpc) is 2.47.